The standard InChI is InChI=1S/ClH.O.2Zn/h1H;;;/q;;;+1/p-1. The van der Waals surface area contributed by atoms with Crippen molar-refractivity contribution in [1.29, 1.82) is 0 Å². The van der Waals surface area contributed by atoms with Gasteiger partial charge in [0.1, 0.15) is 0 Å². The van der Waals surface area contributed by atoms with E-state index < -0.39 is 0 Å². The molecule has 4 heavy (non-hydrogen) atoms. The molecule has 1 nitrogen and oxygen atoms in total. The van der Waals surface area contributed by atoms with Crippen LogP contribution in [0.1, 0.15) is 0 Å². The Morgan fingerprint density at radius 1 is 1.25 bits per heavy atom. The van der Waals surface area contributed by atoms with Crippen molar-refractivity contribution < 1.29 is 39.1 Å². The molecule has 0 aromatic carbocycles. The fraction of sp³-hybridized carbons (Fsp3) is 0. The van der Waals surface area contributed by atoms with E-state index in [1.54, 1.807) is 0 Å². The molecular weight excluding hydrogens is 182 g/mol. The molecular formula is ClOZn2. The van der Waals surface area contributed by atoms with Gasteiger partial charge in [-0.15, -0.1) is 0 Å². The van der Waals surface area contributed by atoms with Crippen molar-refractivity contribution in [3.05, 3.63) is 0 Å². The molecule has 0 rings (SSSR count). The van der Waals surface area contributed by atoms with Gasteiger partial charge in [0.2, 0.25) is 0 Å². The van der Waals surface area contributed by atoms with E-state index in [2.05, 4.69) is 0 Å². The van der Waals surface area contributed by atoms with Crippen molar-refractivity contribution in [3.8, 4) is 0 Å². The van der Waals surface area contributed by atoms with Crippen LogP contribution in [0.25, 0.3) is 0 Å². The predicted molar refractivity (Wildman–Crippen MR) is 6.54 cm³/mol. The minimum atomic E-state index is 0.125. The second kappa shape index (κ2) is 27.0. The first kappa shape index (κ1) is 9.01. The van der Waals surface area contributed by atoms with Crippen LogP contribution in [-0.2, 0) is 39.1 Å². The summed E-state index contributed by atoms with van der Waals surface area (Å²) in [5.74, 6) is 0. The van der Waals surface area contributed by atoms with Crippen LogP contribution >= 0.6 is 9.69 Å². The third-order valence-electron chi connectivity index (χ3n) is 0. The summed E-state index contributed by atoms with van der Waals surface area (Å²) < 4.78 is 8.38. The van der Waals surface area contributed by atoms with Crippen molar-refractivity contribution >= 4 is 9.69 Å². The van der Waals surface area contributed by atoms with Gasteiger partial charge in [-0.3, -0.25) is 0 Å². The summed E-state index contributed by atoms with van der Waals surface area (Å²) in [7, 11) is 4.76. The monoisotopic (exact) mass is 179 g/mol. The molecule has 0 heterocycles. The third kappa shape index (κ3) is 10.2. The molecule has 0 N–H and O–H groups in total. The normalized spacial score (nSPS) is 3.25. The van der Waals surface area contributed by atoms with Gasteiger partial charge in [-0.05, 0) is 0 Å². The van der Waals surface area contributed by atoms with E-state index in [1.165, 1.54) is 0 Å². The summed E-state index contributed by atoms with van der Waals surface area (Å²) in [5, 5.41) is 0. The van der Waals surface area contributed by atoms with Gasteiger partial charge in [-0.1, -0.05) is 0 Å². The van der Waals surface area contributed by atoms with Gasteiger partial charge < -0.3 is 0 Å². The average Bonchev–Trinajstić information content (AvgIpc) is 1.50. The van der Waals surface area contributed by atoms with Crippen molar-refractivity contribution in [2.45, 2.75) is 0 Å². The quantitative estimate of drug-likeness (QED) is 0.500. The van der Waals surface area contributed by atoms with E-state index in [4.69, 9.17) is 13.3 Å². The van der Waals surface area contributed by atoms with Gasteiger partial charge in [0.05, 0.1) is 0 Å². The Morgan fingerprint density at radius 2 is 1.25 bits per heavy atom. The first-order chi connectivity index (χ1) is 2.00. The molecule has 0 amide bonds. The second-order valence-corrected chi connectivity index (χ2v) is 0. The number of hydrogen-bond donors (Lipinski definition) is 0. The summed E-state index contributed by atoms with van der Waals surface area (Å²) in [6, 6.07) is 0. The number of hydrogen-bond acceptors (Lipinski definition) is 1. The summed E-state index contributed by atoms with van der Waals surface area (Å²) in [6.45, 7) is 0. The second-order valence-electron chi connectivity index (χ2n) is 0. The zero-order chi connectivity index (χ0) is 4.00. The van der Waals surface area contributed by atoms with Crippen molar-refractivity contribution in [1.82, 2.24) is 0 Å². The first-order valence-electron chi connectivity index (χ1n) is 0.556. The Bertz CT molecular complexity index is 6.00. The average molecular weight is 182 g/mol. The Morgan fingerprint density at radius 3 is 1.25 bits per heavy atom. The maximum absolute atomic E-state index is 8.38. The molecule has 0 bridgehead atoms. The minimum absolute atomic E-state index is 0.125. The van der Waals surface area contributed by atoms with Gasteiger partial charge in [0.25, 0.3) is 0 Å². The molecule has 0 aliphatic carbocycles. The van der Waals surface area contributed by atoms with Gasteiger partial charge in [-0.25, -0.2) is 0 Å². The molecule has 0 spiro atoms. The summed E-state index contributed by atoms with van der Waals surface area (Å²) in [4.78, 5) is 0. The molecule has 0 radical (unpaired) electrons. The maximum atomic E-state index is 8.38. The first-order valence-corrected chi connectivity index (χ1v) is 5.67. The summed E-state index contributed by atoms with van der Waals surface area (Å²) >= 11 is 0.972. The Hall–Kier alpha value is 1.34. The molecule has 0 saturated heterocycles. The van der Waals surface area contributed by atoms with Crippen LogP contribution in [0.3, 0.4) is 0 Å². The Kier molecular flexibility index (Phi) is 60.9. The molecule has 0 unspecified atom stereocenters. The van der Waals surface area contributed by atoms with Crippen LogP contribution in [-0.4, -0.2) is 0 Å². The van der Waals surface area contributed by atoms with E-state index >= 15 is 0 Å². The van der Waals surface area contributed by atoms with Crippen molar-refractivity contribution in [2.75, 3.05) is 0 Å². The fourth-order valence-electron chi connectivity index (χ4n) is 0. The molecule has 0 saturated carbocycles. The van der Waals surface area contributed by atoms with Crippen LogP contribution in [0.4, 0.5) is 0 Å². The number of halogens is 1. The van der Waals surface area contributed by atoms with Gasteiger partial charge >= 0.3 is 48.8 Å². The third-order valence-corrected chi connectivity index (χ3v) is 0. The van der Waals surface area contributed by atoms with Gasteiger partial charge in [-0.2, -0.15) is 0 Å². The van der Waals surface area contributed by atoms with Gasteiger partial charge in [0.15, 0.2) is 0 Å². The summed E-state index contributed by atoms with van der Waals surface area (Å²) in [6.07, 6.45) is 0. The molecule has 0 aromatic rings. The zero-order valence-corrected chi connectivity index (χ0v) is 8.89. The summed E-state index contributed by atoms with van der Waals surface area (Å²) in [5.41, 5.74) is 0. The van der Waals surface area contributed by atoms with E-state index in [0.717, 1.165) is 17.3 Å². The van der Waals surface area contributed by atoms with Crippen LogP contribution in [0.15, 0.2) is 0 Å². The predicted octanol–water partition coefficient (Wildman–Crippen LogP) is 0.566. The fourth-order valence-corrected chi connectivity index (χ4v) is 0. The number of rotatable bonds is 0. The molecule has 0 fully saturated rings. The topological polar surface area (TPSA) is 17.1 Å². The van der Waals surface area contributed by atoms with E-state index in [9.17, 15) is 0 Å². The Labute approximate surface area is 48.8 Å². The van der Waals surface area contributed by atoms with Crippen LogP contribution in [0.5, 0.6) is 0 Å². The SMILES string of the molecule is [Cl][Zn].[O]=[Zn]. The Balaban J connectivity index is 0. The molecule has 4 heteroatoms. The van der Waals surface area contributed by atoms with Crippen LogP contribution < -0.4 is 0 Å². The molecule has 0 aliphatic heterocycles. The van der Waals surface area contributed by atoms with Gasteiger partial charge in [0, 0.05) is 0 Å². The molecule has 0 aliphatic rings. The van der Waals surface area contributed by atoms with Crippen molar-refractivity contribution in [2.24, 2.45) is 0 Å². The molecule has 0 aromatic heterocycles. The van der Waals surface area contributed by atoms with E-state index in [0.29, 0.717) is 0 Å². The van der Waals surface area contributed by atoms with E-state index in [-0.39, 0.29) is 18.3 Å². The van der Waals surface area contributed by atoms with E-state index in [1.807, 2.05) is 0 Å². The van der Waals surface area contributed by atoms with Crippen LogP contribution in [0.2, 0.25) is 0 Å². The zero-order valence-electron chi connectivity index (χ0n) is 2.20. The molecule has 17 valence electrons. The van der Waals surface area contributed by atoms with Crippen LogP contribution in [0, 0.1) is 0 Å². The van der Waals surface area contributed by atoms with Crippen molar-refractivity contribution in [3.63, 3.8) is 0 Å². The molecule has 0 atom stereocenters.